The van der Waals surface area contributed by atoms with Crippen LogP contribution in [0.3, 0.4) is 0 Å². The van der Waals surface area contributed by atoms with Crippen LogP contribution < -0.4 is 4.74 Å². The Labute approximate surface area is 183 Å². The van der Waals surface area contributed by atoms with E-state index in [4.69, 9.17) is 4.74 Å². The largest absolute Gasteiger partial charge is 0.497 e. The summed E-state index contributed by atoms with van der Waals surface area (Å²) in [6.45, 7) is 1.45. The highest BCUT2D eigenvalue weighted by molar-refractivity contribution is 7.89. The third kappa shape index (κ3) is 3.44. The molecule has 2 aromatic rings. The Balaban J connectivity index is 1.34. The lowest BCUT2D eigenvalue weighted by Gasteiger charge is -2.38. The van der Waals surface area contributed by atoms with Gasteiger partial charge >= 0.3 is 0 Å². The van der Waals surface area contributed by atoms with Gasteiger partial charge < -0.3 is 9.64 Å². The Hall–Kier alpha value is -2.38. The second-order valence-electron chi connectivity index (χ2n) is 8.98. The van der Waals surface area contributed by atoms with E-state index in [2.05, 4.69) is 24.3 Å². The van der Waals surface area contributed by atoms with Gasteiger partial charge in [0.2, 0.25) is 15.9 Å². The number of sulfonamides is 1. The number of ether oxygens (including phenoxy) is 1. The number of carbonyl (C=O) groups is 1. The fourth-order valence-corrected chi connectivity index (χ4v) is 7.09. The predicted octanol–water partition coefficient (Wildman–Crippen LogP) is 2.87. The molecule has 0 saturated carbocycles. The summed E-state index contributed by atoms with van der Waals surface area (Å²) in [4.78, 5) is 15.9. The second-order valence-corrected chi connectivity index (χ2v) is 10.9. The monoisotopic (exact) mass is 440 g/mol. The number of nitrogens with zero attached hydrogens (tertiary/aromatic N) is 2. The molecule has 2 fully saturated rings. The maximum absolute atomic E-state index is 13.6. The van der Waals surface area contributed by atoms with Gasteiger partial charge in [-0.15, -0.1) is 0 Å². The van der Waals surface area contributed by atoms with E-state index in [1.807, 2.05) is 4.90 Å². The van der Waals surface area contributed by atoms with E-state index in [1.54, 1.807) is 31.4 Å². The number of rotatable bonds is 4. The van der Waals surface area contributed by atoms with E-state index in [1.165, 1.54) is 15.4 Å². The van der Waals surface area contributed by atoms with Gasteiger partial charge in [-0.05, 0) is 67.5 Å². The van der Waals surface area contributed by atoms with E-state index >= 15 is 0 Å². The number of benzene rings is 2. The maximum Gasteiger partial charge on any atom is 0.243 e. The summed E-state index contributed by atoms with van der Waals surface area (Å²) in [5.74, 6) is 0.758. The third-order valence-corrected chi connectivity index (χ3v) is 9.11. The van der Waals surface area contributed by atoms with Gasteiger partial charge in [-0.1, -0.05) is 24.3 Å². The maximum atomic E-state index is 13.6. The molecule has 0 aromatic heterocycles. The van der Waals surface area contributed by atoms with Crippen LogP contribution in [0.4, 0.5) is 0 Å². The van der Waals surface area contributed by atoms with Crippen LogP contribution in [0, 0.1) is 5.41 Å². The molecule has 0 radical (unpaired) electrons. The Bertz CT molecular complexity index is 1070. The molecule has 6 nitrogen and oxygen atoms in total. The van der Waals surface area contributed by atoms with Gasteiger partial charge in [0.15, 0.2) is 0 Å². The average Bonchev–Trinajstić information content (AvgIpc) is 3.35. The van der Waals surface area contributed by atoms with Crippen molar-refractivity contribution in [3.63, 3.8) is 0 Å². The lowest BCUT2D eigenvalue weighted by Crippen LogP contribution is -2.51. The van der Waals surface area contributed by atoms with Crippen molar-refractivity contribution in [1.29, 1.82) is 0 Å². The Morgan fingerprint density at radius 2 is 1.65 bits per heavy atom. The van der Waals surface area contributed by atoms with Crippen molar-refractivity contribution < 1.29 is 17.9 Å². The molecule has 1 amide bonds. The summed E-state index contributed by atoms with van der Waals surface area (Å²) < 4.78 is 33.2. The van der Waals surface area contributed by atoms with E-state index < -0.39 is 15.4 Å². The highest BCUT2D eigenvalue weighted by Gasteiger charge is 2.52. The van der Waals surface area contributed by atoms with E-state index in [0.29, 0.717) is 25.3 Å². The zero-order chi connectivity index (χ0) is 21.6. The van der Waals surface area contributed by atoms with Crippen LogP contribution in [0.5, 0.6) is 5.75 Å². The lowest BCUT2D eigenvalue weighted by molar-refractivity contribution is -0.139. The van der Waals surface area contributed by atoms with E-state index in [-0.39, 0.29) is 23.4 Å². The number of likely N-dealkylation sites (tertiary alicyclic amines) is 1. The molecule has 3 aliphatic rings. The second kappa shape index (κ2) is 7.64. The normalized spacial score (nSPS) is 24.7. The van der Waals surface area contributed by atoms with Crippen LogP contribution in [-0.4, -0.2) is 56.3 Å². The molecule has 1 aliphatic carbocycles. The van der Waals surface area contributed by atoms with Crippen molar-refractivity contribution in [3.05, 3.63) is 59.7 Å². The molecule has 31 heavy (non-hydrogen) atoms. The van der Waals surface area contributed by atoms with E-state index in [9.17, 15) is 13.2 Å². The highest BCUT2D eigenvalue weighted by Crippen LogP contribution is 2.43. The average molecular weight is 441 g/mol. The number of amides is 1. The van der Waals surface area contributed by atoms with Crippen molar-refractivity contribution in [3.8, 4) is 5.75 Å². The first-order valence-electron chi connectivity index (χ1n) is 10.9. The molecule has 0 N–H and O–H groups in total. The van der Waals surface area contributed by atoms with Gasteiger partial charge in [0.25, 0.3) is 0 Å². The third-order valence-electron chi connectivity index (χ3n) is 7.26. The Kier molecular flexibility index (Phi) is 5.06. The minimum Gasteiger partial charge on any atom is -0.497 e. The molecule has 0 bridgehead atoms. The van der Waals surface area contributed by atoms with Crippen LogP contribution in [0.2, 0.25) is 0 Å². The standard InChI is InChI=1S/C24H28N2O4S/c1-30-21-7-9-22(10-8-21)31(28,29)25-13-4-11-24(17-25)12-14-26(23(24)27)20-15-18-5-2-3-6-19(18)16-20/h2-3,5-10,20H,4,11-17H2,1H3. The van der Waals surface area contributed by atoms with Crippen molar-refractivity contribution in [1.82, 2.24) is 9.21 Å². The van der Waals surface area contributed by atoms with Crippen molar-refractivity contribution in [2.24, 2.45) is 5.41 Å². The Morgan fingerprint density at radius 1 is 0.968 bits per heavy atom. The van der Waals surface area contributed by atoms with Gasteiger partial charge in [-0.3, -0.25) is 4.79 Å². The van der Waals surface area contributed by atoms with Gasteiger partial charge in [0.1, 0.15) is 5.75 Å². The predicted molar refractivity (Wildman–Crippen MR) is 117 cm³/mol. The van der Waals surface area contributed by atoms with Crippen molar-refractivity contribution >= 4 is 15.9 Å². The number of methoxy groups -OCH3 is 1. The molecule has 2 heterocycles. The number of hydrogen-bond acceptors (Lipinski definition) is 4. The minimum atomic E-state index is -3.65. The topological polar surface area (TPSA) is 66.9 Å². The number of carbonyl (C=O) groups excluding carboxylic acids is 1. The van der Waals surface area contributed by atoms with Crippen molar-refractivity contribution in [2.75, 3.05) is 26.7 Å². The van der Waals surface area contributed by atoms with E-state index in [0.717, 1.165) is 25.7 Å². The molecule has 2 aliphatic heterocycles. The number of piperidine rings is 1. The first-order chi connectivity index (χ1) is 14.9. The molecular weight excluding hydrogens is 412 g/mol. The molecule has 1 spiro atoms. The van der Waals surface area contributed by atoms with Crippen LogP contribution in [0.25, 0.3) is 0 Å². The summed E-state index contributed by atoms with van der Waals surface area (Å²) in [6, 6.07) is 15.1. The fourth-order valence-electron chi connectivity index (χ4n) is 5.52. The van der Waals surface area contributed by atoms with Crippen LogP contribution >= 0.6 is 0 Å². The highest BCUT2D eigenvalue weighted by atomic mass is 32.2. The quantitative estimate of drug-likeness (QED) is 0.733. The first kappa shape index (κ1) is 20.5. The van der Waals surface area contributed by atoms with Gasteiger partial charge in [-0.25, -0.2) is 8.42 Å². The molecule has 2 aromatic carbocycles. The molecule has 7 heteroatoms. The summed E-state index contributed by atoms with van der Waals surface area (Å²) in [6.07, 6.45) is 3.99. The lowest BCUT2D eigenvalue weighted by atomic mass is 9.79. The molecular formula is C24H28N2O4S. The molecule has 164 valence electrons. The van der Waals surface area contributed by atoms with Crippen LogP contribution in [-0.2, 0) is 27.7 Å². The summed E-state index contributed by atoms with van der Waals surface area (Å²) in [5.41, 5.74) is 2.06. The molecule has 1 unspecified atom stereocenters. The summed E-state index contributed by atoms with van der Waals surface area (Å²) in [7, 11) is -2.09. The number of fused-ring (bicyclic) bond motifs is 1. The van der Waals surface area contributed by atoms with Crippen LogP contribution in [0.1, 0.15) is 30.4 Å². The van der Waals surface area contributed by atoms with Gasteiger partial charge in [-0.2, -0.15) is 4.31 Å². The van der Waals surface area contributed by atoms with Gasteiger partial charge in [0.05, 0.1) is 17.4 Å². The molecule has 5 rings (SSSR count). The van der Waals surface area contributed by atoms with Crippen LogP contribution in [0.15, 0.2) is 53.4 Å². The summed E-state index contributed by atoms with van der Waals surface area (Å²) >= 11 is 0. The number of hydrogen-bond donors (Lipinski definition) is 0. The SMILES string of the molecule is COc1ccc(S(=O)(=O)N2CCCC3(CCN(C4Cc5ccccc5C4)C3=O)C2)cc1. The fraction of sp³-hybridized carbons (Fsp3) is 0.458. The first-order valence-corrected chi connectivity index (χ1v) is 12.4. The zero-order valence-corrected chi connectivity index (χ0v) is 18.6. The van der Waals surface area contributed by atoms with Gasteiger partial charge in [0, 0.05) is 25.7 Å². The minimum absolute atomic E-state index is 0.139. The Morgan fingerprint density at radius 3 is 2.29 bits per heavy atom. The molecule has 2 saturated heterocycles. The zero-order valence-electron chi connectivity index (χ0n) is 17.8. The summed E-state index contributed by atoms with van der Waals surface area (Å²) in [5, 5.41) is 0. The molecule has 1 atom stereocenters. The van der Waals surface area contributed by atoms with Crippen molar-refractivity contribution in [2.45, 2.75) is 43.0 Å². The smallest absolute Gasteiger partial charge is 0.243 e.